The van der Waals surface area contributed by atoms with Crippen molar-refractivity contribution in [3.63, 3.8) is 0 Å². The number of hydroxylamine groups is 2. The molecule has 0 spiro atoms. The van der Waals surface area contributed by atoms with Crippen LogP contribution in [0.5, 0.6) is 5.75 Å². The zero-order valence-electron chi connectivity index (χ0n) is 22.2. The highest BCUT2D eigenvalue weighted by molar-refractivity contribution is 5.84. The number of benzene rings is 3. The number of carbonyl (C=O) groups excluding carboxylic acids is 1. The highest BCUT2D eigenvalue weighted by atomic mass is 16.7. The summed E-state index contributed by atoms with van der Waals surface area (Å²) in [4.78, 5) is 22.7. The molecular formula is C32H33N3O5. The topological polar surface area (TPSA) is 118 Å². The molecule has 5 rings (SSSR count). The van der Waals surface area contributed by atoms with Gasteiger partial charge < -0.3 is 25.6 Å². The van der Waals surface area contributed by atoms with Crippen LogP contribution in [-0.2, 0) is 22.6 Å². The van der Waals surface area contributed by atoms with Crippen LogP contribution in [0.25, 0.3) is 10.9 Å². The fourth-order valence-corrected chi connectivity index (χ4v) is 5.17. The SMILES string of the molecule is C[C@H](O)[C@@H]1ON(Cc2ccc(C#Cc3cccc(O)c3)cc2)[C@H](C(=O)NCCc2c[nH]c3ccccc23)[C@@H]1CO. The summed E-state index contributed by atoms with van der Waals surface area (Å²) in [7, 11) is 0. The Morgan fingerprint density at radius 3 is 2.60 bits per heavy atom. The number of aromatic nitrogens is 1. The number of aromatic hydroxyl groups is 1. The van der Waals surface area contributed by atoms with Crippen molar-refractivity contribution >= 4 is 16.8 Å². The Morgan fingerprint density at radius 1 is 1.07 bits per heavy atom. The molecule has 1 saturated heterocycles. The monoisotopic (exact) mass is 539 g/mol. The molecule has 1 aliphatic heterocycles. The molecule has 0 bridgehead atoms. The molecule has 5 N–H and O–H groups in total. The molecule has 0 radical (unpaired) electrons. The summed E-state index contributed by atoms with van der Waals surface area (Å²) in [6.45, 7) is 2.02. The van der Waals surface area contributed by atoms with Gasteiger partial charge in [-0.25, -0.2) is 0 Å². The van der Waals surface area contributed by atoms with Gasteiger partial charge in [0.25, 0.3) is 0 Å². The number of hydrogen-bond donors (Lipinski definition) is 5. The van der Waals surface area contributed by atoms with Crippen LogP contribution in [0.1, 0.15) is 29.2 Å². The van der Waals surface area contributed by atoms with Gasteiger partial charge in [-0.15, -0.1) is 0 Å². The normalized spacial score (nSPS) is 19.7. The second kappa shape index (κ2) is 12.4. The third-order valence-electron chi connectivity index (χ3n) is 7.21. The van der Waals surface area contributed by atoms with E-state index in [1.165, 1.54) is 0 Å². The van der Waals surface area contributed by atoms with Crippen molar-refractivity contribution in [1.82, 2.24) is 15.4 Å². The van der Waals surface area contributed by atoms with Gasteiger partial charge in [0.2, 0.25) is 5.91 Å². The molecular weight excluding hydrogens is 506 g/mol. The average Bonchev–Trinajstić information content (AvgIpc) is 3.54. The van der Waals surface area contributed by atoms with E-state index in [1.54, 1.807) is 30.2 Å². The number of H-pyrrole nitrogens is 1. The van der Waals surface area contributed by atoms with E-state index < -0.39 is 24.2 Å². The molecule has 206 valence electrons. The van der Waals surface area contributed by atoms with Gasteiger partial charge in [0.1, 0.15) is 17.9 Å². The van der Waals surface area contributed by atoms with E-state index >= 15 is 0 Å². The second-order valence-corrected chi connectivity index (χ2v) is 10.1. The van der Waals surface area contributed by atoms with E-state index in [0.717, 1.165) is 27.6 Å². The first kappa shape index (κ1) is 27.4. The first-order valence-electron chi connectivity index (χ1n) is 13.4. The minimum Gasteiger partial charge on any atom is -0.508 e. The number of nitrogens with one attached hydrogen (secondary N) is 2. The smallest absolute Gasteiger partial charge is 0.240 e. The molecule has 0 unspecified atom stereocenters. The van der Waals surface area contributed by atoms with Crippen molar-refractivity contribution in [2.24, 2.45) is 5.92 Å². The van der Waals surface area contributed by atoms with Crippen molar-refractivity contribution in [3.8, 4) is 17.6 Å². The number of phenolic OH excluding ortho intramolecular Hbond substituents is 1. The fourth-order valence-electron chi connectivity index (χ4n) is 5.17. The standard InChI is InChI=1S/C32H33N3O5/c1-21(37)31-28(20-36)30(32(39)33-16-15-25-18-34-29-8-3-2-7-27(25)29)35(40-31)19-24-13-10-22(11-14-24)9-12-23-5-4-6-26(38)17-23/h2-8,10-11,13-14,17-18,21,28,30-31,34,36-38H,15-16,19-20H2,1H3,(H,33,39)/t21-,28-,30-,31-/m0/s1. The Hall–Kier alpha value is -4.13. The van der Waals surface area contributed by atoms with Gasteiger partial charge in [0.15, 0.2) is 0 Å². The summed E-state index contributed by atoms with van der Waals surface area (Å²) >= 11 is 0. The van der Waals surface area contributed by atoms with Crippen LogP contribution in [0.15, 0.2) is 79.0 Å². The molecule has 4 aromatic rings. The maximum absolute atomic E-state index is 13.4. The lowest BCUT2D eigenvalue weighted by Crippen LogP contribution is -2.48. The number of aliphatic hydroxyl groups excluding tert-OH is 2. The van der Waals surface area contributed by atoms with E-state index in [0.29, 0.717) is 25.1 Å². The molecule has 4 atom stereocenters. The number of carbonyl (C=O) groups is 1. The minimum atomic E-state index is -0.862. The number of aromatic amines is 1. The number of amides is 1. The number of nitrogens with zero attached hydrogens (tertiary/aromatic N) is 1. The molecule has 1 fully saturated rings. The Labute approximate surface area is 233 Å². The van der Waals surface area contributed by atoms with E-state index in [4.69, 9.17) is 4.84 Å². The Kier molecular flexibility index (Phi) is 8.48. The maximum atomic E-state index is 13.4. The van der Waals surface area contributed by atoms with Crippen LogP contribution in [0.3, 0.4) is 0 Å². The minimum absolute atomic E-state index is 0.168. The van der Waals surface area contributed by atoms with Crippen molar-refractivity contribution in [3.05, 3.63) is 101 Å². The number of fused-ring (bicyclic) bond motifs is 1. The molecule has 2 heterocycles. The van der Waals surface area contributed by atoms with Crippen LogP contribution in [0, 0.1) is 17.8 Å². The van der Waals surface area contributed by atoms with Crippen LogP contribution >= 0.6 is 0 Å². The predicted molar refractivity (Wildman–Crippen MR) is 152 cm³/mol. The molecule has 1 aromatic heterocycles. The Morgan fingerprint density at radius 2 is 1.85 bits per heavy atom. The number of rotatable bonds is 8. The van der Waals surface area contributed by atoms with Gasteiger partial charge in [-0.05, 0) is 60.9 Å². The lowest BCUT2D eigenvalue weighted by atomic mass is 9.92. The van der Waals surface area contributed by atoms with E-state index in [1.807, 2.05) is 60.8 Å². The Balaban J connectivity index is 1.26. The van der Waals surface area contributed by atoms with Crippen LogP contribution in [0.4, 0.5) is 0 Å². The molecule has 0 aliphatic carbocycles. The van der Waals surface area contributed by atoms with Gasteiger partial charge in [-0.3, -0.25) is 9.63 Å². The number of para-hydroxylation sites is 1. The van der Waals surface area contributed by atoms with E-state index in [-0.39, 0.29) is 18.3 Å². The van der Waals surface area contributed by atoms with Gasteiger partial charge in [-0.2, -0.15) is 5.06 Å². The fraction of sp³-hybridized carbons (Fsp3) is 0.281. The quantitative estimate of drug-likeness (QED) is 0.220. The van der Waals surface area contributed by atoms with E-state index in [2.05, 4.69) is 22.1 Å². The van der Waals surface area contributed by atoms with E-state index in [9.17, 15) is 20.1 Å². The summed E-state index contributed by atoms with van der Waals surface area (Å²) in [6, 6.07) is 21.6. The molecule has 3 aromatic carbocycles. The van der Waals surface area contributed by atoms with Gasteiger partial charge >= 0.3 is 0 Å². The Bertz CT molecular complexity index is 1520. The van der Waals surface area contributed by atoms with Gasteiger partial charge in [-0.1, -0.05) is 48.2 Å². The highest BCUT2D eigenvalue weighted by Crippen LogP contribution is 2.31. The average molecular weight is 540 g/mol. The second-order valence-electron chi connectivity index (χ2n) is 10.1. The molecule has 40 heavy (non-hydrogen) atoms. The number of hydrogen-bond acceptors (Lipinski definition) is 6. The summed E-state index contributed by atoms with van der Waals surface area (Å²) in [5.74, 6) is 5.44. The molecule has 8 heteroatoms. The van der Waals surface area contributed by atoms with Crippen molar-refractivity contribution < 1.29 is 25.0 Å². The van der Waals surface area contributed by atoms with Gasteiger partial charge in [0, 0.05) is 40.7 Å². The molecule has 0 saturated carbocycles. The van der Waals surface area contributed by atoms with Gasteiger partial charge in [0.05, 0.1) is 19.3 Å². The lowest BCUT2D eigenvalue weighted by Gasteiger charge is -2.24. The highest BCUT2D eigenvalue weighted by Gasteiger charge is 2.48. The first-order valence-corrected chi connectivity index (χ1v) is 13.4. The third-order valence-corrected chi connectivity index (χ3v) is 7.21. The maximum Gasteiger partial charge on any atom is 0.240 e. The zero-order chi connectivity index (χ0) is 28.1. The first-order chi connectivity index (χ1) is 19.4. The largest absolute Gasteiger partial charge is 0.508 e. The predicted octanol–water partition coefficient (Wildman–Crippen LogP) is 3.11. The van der Waals surface area contributed by atoms with Crippen LogP contribution < -0.4 is 5.32 Å². The summed E-state index contributed by atoms with van der Waals surface area (Å²) in [6.07, 6.45) is 1.04. The molecule has 8 nitrogen and oxygen atoms in total. The molecule has 1 aliphatic rings. The third kappa shape index (κ3) is 6.19. The summed E-state index contributed by atoms with van der Waals surface area (Å²) < 4.78 is 0. The zero-order valence-corrected chi connectivity index (χ0v) is 22.2. The van der Waals surface area contributed by atoms with Crippen molar-refractivity contribution in [2.45, 2.75) is 38.1 Å². The summed E-state index contributed by atoms with van der Waals surface area (Å²) in [5.41, 5.74) is 4.57. The van der Waals surface area contributed by atoms with Crippen molar-refractivity contribution in [2.75, 3.05) is 13.2 Å². The summed E-state index contributed by atoms with van der Waals surface area (Å²) in [5, 5.41) is 35.8. The van der Waals surface area contributed by atoms with Crippen LogP contribution in [-0.4, -0.2) is 62.7 Å². The van der Waals surface area contributed by atoms with Crippen molar-refractivity contribution in [1.29, 1.82) is 0 Å². The van der Waals surface area contributed by atoms with Crippen LogP contribution in [0.2, 0.25) is 0 Å². The lowest BCUT2D eigenvalue weighted by molar-refractivity contribution is -0.192. The molecule has 1 amide bonds. The number of aliphatic hydroxyl groups is 2. The number of phenols is 1.